The van der Waals surface area contributed by atoms with Crippen LogP contribution in [0.15, 0.2) is 33.7 Å². The van der Waals surface area contributed by atoms with Crippen molar-refractivity contribution in [3.05, 3.63) is 39.2 Å². The van der Waals surface area contributed by atoms with Gasteiger partial charge in [-0.15, -0.1) is 0 Å². The number of nitrogens with one attached hydrogen (secondary N) is 1. The van der Waals surface area contributed by atoms with E-state index in [1.807, 2.05) is 19.9 Å². The Morgan fingerprint density at radius 1 is 1.44 bits per heavy atom. The number of hydrogen-bond acceptors (Lipinski definition) is 3. The van der Waals surface area contributed by atoms with Crippen molar-refractivity contribution >= 4 is 27.4 Å². The number of nitrogens with zero attached hydrogens (tertiary/aromatic N) is 2. The zero-order chi connectivity index (χ0) is 11.7. The lowest BCUT2D eigenvalue weighted by atomic mass is 10.4. The highest BCUT2D eigenvalue weighted by Crippen LogP contribution is 2.16. The quantitative estimate of drug-likeness (QED) is 0.919. The Labute approximate surface area is 101 Å². The van der Waals surface area contributed by atoms with Gasteiger partial charge in [-0.05, 0) is 41.9 Å². The lowest BCUT2D eigenvalue weighted by molar-refractivity contribution is 0.881. The highest BCUT2D eigenvalue weighted by Gasteiger charge is 2.10. The Bertz CT molecular complexity index is 577. The lowest BCUT2D eigenvalue weighted by Crippen LogP contribution is -2.20. The molecule has 16 heavy (non-hydrogen) atoms. The fraction of sp³-hybridized carbons (Fsp3) is 0.273. The van der Waals surface area contributed by atoms with Crippen molar-refractivity contribution in [1.82, 2.24) is 9.38 Å². The van der Waals surface area contributed by atoms with Crippen LogP contribution in [0.2, 0.25) is 0 Å². The van der Waals surface area contributed by atoms with Gasteiger partial charge in [-0.3, -0.25) is 9.20 Å². The number of anilines is 1. The predicted molar refractivity (Wildman–Crippen MR) is 67.9 cm³/mol. The van der Waals surface area contributed by atoms with E-state index in [0.717, 1.165) is 0 Å². The fourth-order valence-electron chi connectivity index (χ4n) is 1.44. The zero-order valence-corrected chi connectivity index (χ0v) is 10.7. The molecule has 0 unspecified atom stereocenters. The van der Waals surface area contributed by atoms with Crippen molar-refractivity contribution < 1.29 is 0 Å². The minimum absolute atomic E-state index is 0.103. The molecule has 0 radical (unpaired) electrons. The van der Waals surface area contributed by atoms with Gasteiger partial charge in [0.1, 0.15) is 15.9 Å². The van der Waals surface area contributed by atoms with Gasteiger partial charge in [0.2, 0.25) is 0 Å². The summed E-state index contributed by atoms with van der Waals surface area (Å²) in [4.78, 5) is 16.3. The molecular weight excluding hydrogens is 270 g/mol. The van der Waals surface area contributed by atoms with Crippen LogP contribution in [0, 0.1) is 0 Å². The van der Waals surface area contributed by atoms with Gasteiger partial charge in [-0.25, -0.2) is 4.98 Å². The van der Waals surface area contributed by atoms with Gasteiger partial charge in [0, 0.05) is 12.2 Å². The van der Waals surface area contributed by atoms with E-state index in [-0.39, 0.29) is 11.6 Å². The third-order valence-electron chi connectivity index (χ3n) is 2.10. The molecule has 1 N–H and O–H groups in total. The first kappa shape index (κ1) is 11.1. The highest BCUT2D eigenvalue weighted by molar-refractivity contribution is 9.10. The van der Waals surface area contributed by atoms with Crippen LogP contribution in [0.25, 0.3) is 5.65 Å². The molecule has 0 aliphatic heterocycles. The molecule has 0 aromatic carbocycles. The van der Waals surface area contributed by atoms with Crippen LogP contribution in [0.3, 0.4) is 0 Å². The van der Waals surface area contributed by atoms with Gasteiger partial charge in [0.05, 0.1) is 0 Å². The molecule has 2 aromatic rings. The molecule has 5 heteroatoms. The van der Waals surface area contributed by atoms with Gasteiger partial charge in [0.25, 0.3) is 5.56 Å². The van der Waals surface area contributed by atoms with E-state index in [0.29, 0.717) is 15.9 Å². The molecule has 2 rings (SSSR count). The third kappa shape index (κ3) is 1.95. The normalized spacial score (nSPS) is 11.0. The average Bonchev–Trinajstić information content (AvgIpc) is 2.25. The summed E-state index contributed by atoms with van der Waals surface area (Å²) < 4.78 is 1.97. The first-order valence-corrected chi connectivity index (χ1v) is 5.82. The zero-order valence-electron chi connectivity index (χ0n) is 9.07. The van der Waals surface area contributed by atoms with Crippen molar-refractivity contribution in [2.75, 3.05) is 5.32 Å². The second-order valence-corrected chi connectivity index (χ2v) is 4.60. The summed E-state index contributed by atoms with van der Waals surface area (Å²) in [5, 5.41) is 3.13. The Kier molecular flexibility index (Phi) is 2.96. The average molecular weight is 282 g/mol. The van der Waals surface area contributed by atoms with Gasteiger partial charge in [0.15, 0.2) is 0 Å². The van der Waals surface area contributed by atoms with Crippen molar-refractivity contribution in [1.29, 1.82) is 0 Å². The molecule has 0 fully saturated rings. The number of aromatic nitrogens is 2. The van der Waals surface area contributed by atoms with E-state index in [1.54, 1.807) is 18.3 Å². The molecule has 0 bridgehead atoms. The van der Waals surface area contributed by atoms with Crippen molar-refractivity contribution in [2.45, 2.75) is 19.9 Å². The molecule has 2 heterocycles. The van der Waals surface area contributed by atoms with Crippen LogP contribution in [-0.2, 0) is 0 Å². The smallest absolute Gasteiger partial charge is 0.274 e. The Balaban J connectivity index is 2.69. The standard InChI is InChI=1S/C11H12BrN3O/c1-7(2)13-10-9(12)11(16)15-6-4-3-5-8(15)14-10/h3-7,13H,1-2H3. The topological polar surface area (TPSA) is 46.4 Å². The van der Waals surface area contributed by atoms with Gasteiger partial charge in [-0.2, -0.15) is 0 Å². The summed E-state index contributed by atoms with van der Waals surface area (Å²) in [6.07, 6.45) is 1.70. The van der Waals surface area contributed by atoms with Crippen LogP contribution in [0.4, 0.5) is 5.82 Å². The van der Waals surface area contributed by atoms with Gasteiger partial charge >= 0.3 is 0 Å². The Morgan fingerprint density at radius 2 is 2.19 bits per heavy atom. The summed E-state index contributed by atoms with van der Waals surface area (Å²) in [5.74, 6) is 0.589. The van der Waals surface area contributed by atoms with E-state index in [9.17, 15) is 4.79 Å². The molecule has 2 aromatic heterocycles. The van der Waals surface area contributed by atoms with E-state index in [2.05, 4.69) is 26.2 Å². The summed E-state index contributed by atoms with van der Waals surface area (Å²) >= 11 is 3.27. The number of hydrogen-bond donors (Lipinski definition) is 1. The first-order chi connectivity index (χ1) is 7.59. The second-order valence-electron chi connectivity index (χ2n) is 3.81. The van der Waals surface area contributed by atoms with Gasteiger partial charge in [-0.1, -0.05) is 6.07 Å². The largest absolute Gasteiger partial charge is 0.367 e. The predicted octanol–water partition coefficient (Wildman–Crippen LogP) is 2.28. The van der Waals surface area contributed by atoms with E-state index in [1.165, 1.54) is 4.40 Å². The molecule has 0 atom stereocenters. The second kappa shape index (κ2) is 4.25. The molecule has 0 amide bonds. The van der Waals surface area contributed by atoms with E-state index in [4.69, 9.17) is 0 Å². The number of pyridine rings is 1. The number of halogens is 1. The van der Waals surface area contributed by atoms with Crippen molar-refractivity contribution in [3.63, 3.8) is 0 Å². The van der Waals surface area contributed by atoms with Gasteiger partial charge < -0.3 is 5.32 Å². The minimum Gasteiger partial charge on any atom is -0.367 e. The van der Waals surface area contributed by atoms with Crippen LogP contribution < -0.4 is 10.9 Å². The molecule has 0 saturated heterocycles. The van der Waals surface area contributed by atoms with Crippen LogP contribution in [-0.4, -0.2) is 15.4 Å². The van der Waals surface area contributed by atoms with Crippen LogP contribution >= 0.6 is 15.9 Å². The molecular formula is C11H12BrN3O. The minimum atomic E-state index is -0.103. The van der Waals surface area contributed by atoms with Crippen molar-refractivity contribution in [2.24, 2.45) is 0 Å². The first-order valence-electron chi connectivity index (χ1n) is 5.03. The Hall–Kier alpha value is -1.36. The maximum atomic E-state index is 12.0. The summed E-state index contributed by atoms with van der Waals surface area (Å²) in [6.45, 7) is 4.00. The summed E-state index contributed by atoms with van der Waals surface area (Å²) in [5.41, 5.74) is 0.535. The molecule has 0 saturated carbocycles. The highest BCUT2D eigenvalue weighted by atomic mass is 79.9. The SMILES string of the molecule is CC(C)Nc1nc2ccccn2c(=O)c1Br. The van der Waals surface area contributed by atoms with E-state index < -0.39 is 0 Å². The maximum Gasteiger partial charge on any atom is 0.274 e. The van der Waals surface area contributed by atoms with Crippen LogP contribution in [0.5, 0.6) is 0 Å². The van der Waals surface area contributed by atoms with E-state index >= 15 is 0 Å². The molecule has 4 nitrogen and oxygen atoms in total. The monoisotopic (exact) mass is 281 g/mol. The number of fused-ring (bicyclic) bond motifs is 1. The molecule has 0 aliphatic carbocycles. The number of rotatable bonds is 2. The summed E-state index contributed by atoms with van der Waals surface area (Å²) in [7, 11) is 0. The molecule has 0 spiro atoms. The summed E-state index contributed by atoms with van der Waals surface area (Å²) in [6, 6.07) is 5.70. The lowest BCUT2D eigenvalue weighted by Gasteiger charge is -2.11. The third-order valence-corrected chi connectivity index (χ3v) is 2.82. The molecule has 0 aliphatic rings. The van der Waals surface area contributed by atoms with Crippen LogP contribution in [0.1, 0.15) is 13.8 Å². The fourth-order valence-corrected chi connectivity index (χ4v) is 1.83. The maximum absolute atomic E-state index is 12.0. The Morgan fingerprint density at radius 3 is 2.88 bits per heavy atom. The van der Waals surface area contributed by atoms with Crippen molar-refractivity contribution in [3.8, 4) is 0 Å². The molecule has 84 valence electrons.